The quantitative estimate of drug-likeness (QED) is 0.695. The molecule has 1 saturated carbocycles. The Hall–Kier alpha value is -0.630. The van der Waals surface area contributed by atoms with Crippen LogP contribution >= 0.6 is 0 Å². The minimum Gasteiger partial charge on any atom is -0.386 e. The summed E-state index contributed by atoms with van der Waals surface area (Å²) in [6.07, 6.45) is 9.25. The van der Waals surface area contributed by atoms with Crippen molar-refractivity contribution < 1.29 is 9.90 Å². The van der Waals surface area contributed by atoms with Crippen molar-refractivity contribution in [1.82, 2.24) is 0 Å². The number of aliphatic hydroxyl groups is 1. The average Bonchev–Trinajstić information content (AvgIpc) is 2.47. The van der Waals surface area contributed by atoms with Crippen LogP contribution in [-0.2, 0) is 4.79 Å². The van der Waals surface area contributed by atoms with E-state index >= 15 is 0 Å². The second-order valence-electron chi connectivity index (χ2n) is 4.58. The van der Waals surface area contributed by atoms with Crippen LogP contribution in [-0.4, -0.2) is 16.5 Å². The number of allylic oxidation sites excluding steroid dienone is 1. The third kappa shape index (κ3) is 1.90. The normalized spacial score (nSPS) is 27.2. The summed E-state index contributed by atoms with van der Waals surface area (Å²) in [6, 6.07) is 0. The van der Waals surface area contributed by atoms with E-state index in [1.807, 2.05) is 0 Å². The largest absolute Gasteiger partial charge is 0.386 e. The van der Waals surface area contributed by atoms with Crippen molar-refractivity contribution in [3.63, 3.8) is 0 Å². The highest BCUT2D eigenvalue weighted by Crippen LogP contribution is 2.38. The van der Waals surface area contributed by atoms with Gasteiger partial charge in [-0.15, -0.1) is 0 Å². The SMILES string of the molecule is O=C1C=C(C2(O)CCCC2)CCCC1. The summed E-state index contributed by atoms with van der Waals surface area (Å²) in [4.78, 5) is 11.4. The summed E-state index contributed by atoms with van der Waals surface area (Å²) in [5.41, 5.74) is 0.387. The highest BCUT2D eigenvalue weighted by atomic mass is 16.3. The van der Waals surface area contributed by atoms with Crippen LogP contribution in [0.1, 0.15) is 51.4 Å². The van der Waals surface area contributed by atoms with Crippen LogP contribution in [0.5, 0.6) is 0 Å². The Bertz CT molecular complexity index is 259. The third-order valence-corrected chi connectivity index (χ3v) is 3.48. The Labute approximate surface area is 85.0 Å². The van der Waals surface area contributed by atoms with Gasteiger partial charge in [-0.05, 0) is 43.8 Å². The summed E-state index contributed by atoms with van der Waals surface area (Å²) in [5.74, 6) is 0.206. The van der Waals surface area contributed by atoms with E-state index in [1.165, 1.54) is 0 Å². The zero-order valence-corrected chi connectivity index (χ0v) is 8.59. The van der Waals surface area contributed by atoms with Gasteiger partial charge < -0.3 is 5.11 Å². The number of rotatable bonds is 1. The second-order valence-corrected chi connectivity index (χ2v) is 4.58. The number of carbonyl (C=O) groups is 1. The molecule has 2 heteroatoms. The molecule has 0 amide bonds. The molecule has 0 heterocycles. The fourth-order valence-electron chi connectivity index (χ4n) is 2.60. The van der Waals surface area contributed by atoms with Gasteiger partial charge in [-0.1, -0.05) is 12.8 Å². The van der Waals surface area contributed by atoms with Crippen LogP contribution in [0.15, 0.2) is 11.6 Å². The Morgan fingerprint density at radius 1 is 1.07 bits per heavy atom. The van der Waals surface area contributed by atoms with Crippen LogP contribution in [0.2, 0.25) is 0 Å². The van der Waals surface area contributed by atoms with Gasteiger partial charge in [0.15, 0.2) is 5.78 Å². The van der Waals surface area contributed by atoms with E-state index in [2.05, 4.69) is 0 Å². The van der Waals surface area contributed by atoms with Gasteiger partial charge >= 0.3 is 0 Å². The molecule has 0 unspecified atom stereocenters. The van der Waals surface area contributed by atoms with E-state index in [-0.39, 0.29) is 5.78 Å². The second kappa shape index (κ2) is 3.85. The predicted octanol–water partition coefficient (Wildman–Crippen LogP) is 2.36. The van der Waals surface area contributed by atoms with Crippen LogP contribution in [0.3, 0.4) is 0 Å². The summed E-state index contributed by atoms with van der Waals surface area (Å²) < 4.78 is 0. The highest BCUT2D eigenvalue weighted by molar-refractivity contribution is 5.90. The molecule has 0 radical (unpaired) electrons. The summed E-state index contributed by atoms with van der Waals surface area (Å²) in [5, 5.41) is 10.3. The van der Waals surface area contributed by atoms with E-state index in [9.17, 15) is 9.90 Å². The van der Waals surface area contributed by atoms with Gasteiger partial charge in [0.05, 0.1) is 5.60 Å². The first-order valence-corrected chi connectivity index (χ1v) is 5.67. The molecular formula is C12H18O2. The van der Waals surface area contributed by atoms with E-state index < -0.39 is 5.60 Å². The Morgan fingerprint density at radius 2 is 1.71 bits per heavy atom. The minimum absolute atomic E-state index is 0.206. The Kier molecular flexibility index (Phi) is 2.73. The summed E-state index contributed by atoms with van der Waals surface area (Å²) >= 11 is 0. The maximum absolute atomic E-state index is 11.4. The molecule has 2 aliphatic rings. The molecule has 1 N–H and O–H groups in total. The smallest absolute Gasteiger partial charge is 0.155 e. The molecule has 0 spiro atoms. The maximum Gasteiger partial charge on any atom is 0.155 e. The van der Waals surface area contributed by atoms with Crippen molar-refractivity contribution >= 4 is 5.78 Å². The molecule has 0 aromatic carbocycles. The first-order chi connectivity index (χ1) is 6.71. The fourth-order valence-corrected chi connectivity index (χ4v) is 2.60. The molecule has 2 aliphatic carbocycles. The van der Waals surface area contributed by atoms with Crippen LogP contribution < -0.4 is 0 Å². The van der Waals surface area contributed by atoms with Crippen molar-refractivity contribution in [2.75, 3.05) is 0 Å². The number of ketones is 1. The van der Waals surface area contributed by atoms with Crippen molar-refractivity contribution in [2.45, 2.75) is 57.0 Å². The van der Waals surface area contributed by atoms with Gasteiger partial charge in [0.2, 0.25) is 0 Å². The first-order valence-electron chi connectivity index (χ1n) is 5.67. The van der Waals surface area contributed by atoms with Gasteiger partial charge in [-0.3, -0.25) is 4.79 Å². The fraction of sp³-hybridized carbons (Fsp3) is 0.750. The minimum atomic E-state index is -0.625. The molecule has 14 heavy (non-hydrogen) atoms. The molecule has 2 rings (SSSR count). The lowest BCUT2D eigenvalue weighted by Crippen LogP contribution is -2.27. The van der Waals surface area contributed by atoms with Gasteiger partial charge in [0.25, 0.3) is 0 Å². The molecule has 0 atom stereocenters. The number of carbonyl (C=O) groups excluding carboxylic acids is 1. The maximum atomic E-state index is 11.4. The van der Waals surface area contributed by atoms with Gasteiger partial charge in [-0.25, -0.2) is 0 Å². The molecular weight excluding hydrogens is 176 g/mol. The number of hydrogen-bond acceptors (Lipinski definition) is 2. The molecule has 2 nitrogen and oxygen atoms in total. The third-order valence-electron chi connectivity index (χ3n) is 3.48. The molecule has 0 aromatic heterocycles. The average molecular weight is 194 g/mol. The van der Waals surface area contributed by atoms with Gasteiger partial charge in [0.1, 0.15) is 0 Å². The molecule has 0 saturated heterocycles. The lowest BCUT2D eigenvalue weighted by atomic mass is 9.88. The van der Waals surface area contributed by atoms with Gasteiger partial charge in [0, 0.05) is 6.42 Å². The van der Waals surface area contributed by atoms with Gasteiger partial charge in [-0.2, -0.15) is 0 Å². The molecule has 0 aliphatic heterocycles. The predicted molar refractivity (Wildman–Crippen MR) is 55.0 cm³/mol. The molecule has 0 aromatic rings. The molecule has 1 fully saturated rings. The van der Waals surface area contributed by atoms with Crippen molar-refractivity contribution in [2.24, 2.45) is 0 Å². The molecule has 78 valence electrons. The number of hydrogen-bond donors (Lipinski definition) is 1. The van der Waals surface area contributed by atoms with E-state index in [4.69, 9.17) is 0 Å². The monoisotopic (exact) mass is 194 g/mol. The zero-order chi connectivity index (χ0) is 10.0. The molecule has 0 bridgehead atoms. The van der Waals surface area contributed by atoms with Crippen molar-refractivity contribution in [3.05, 3.63) is 11.6 Å². The Morgan fingerprint density at radius 3 is 2.43 bits per heavy atom. The Balaban J connectivity index is 2.18. The van der Waals surface area contributed by atoms with Crippen molar-refractivity contribution in [3.8, 4) is 0 Å². The van der Waals surface area contributed by atoms with Crippen molar-refractivity contribution in [1.29, 1.82) is 0 Å². The highest BCUT2D eigenvalue weighted by Gasteiger charge is 2.35. The first kappa shape index (κ1) is 9.91. The van der Waals surface area contributed by atoms with Crippen LogP contribution in [0.25, 0.3) is 0 Å². The standard InChI is InChI=1S/C12H18O2/c13-11-6-2-1-5-10(9-11)12(14)7-3-4-8-12/h9,14H,1-8H2. The van der Waals surface area contributed by atoms with Crippen LogP contribution in [0.4, 0.5) is 0 Å². The van der Waals surface area contributed by atoms with E-state index in [0.717, 1.165) is 50.5 Å². The van der Waals surface area contributed by atoms with E-state index in [0.29, 0.717) is 6.42 Å². The topological polar surface area (TPSA) is 37.3 Å². The summed E-state index contributed by atoms with van der Waals surface area (Å²) in [6.45, 7) is 0. The van der Waals surface area contributed by atoms with Crippen LogP contribution in [0, 0.1) is 0 Å². The lowest BCUT2D eigenvalue weighted by molar-refractivity contribution is -0.114. The summed E-state index contributed by atoms with van der Waals surface area (Å²) in [7, 11) is 0. The lowest BCUT2D eigenvalue weighted by Gasteiger charge is -2.25. The zero-order valence-electron chi connectivity index (χ0n) is 8.59. The van der Waals surface area contributed by atoms with E-state index in [1.54, 1.807) is 6.08 Å².